The van der Waals surface area contributed by atoms with Crippen molar-refractivity contribution in [3.63, 3.8) is 0 Å². The molecular formula is C50H43N11O19S3-2. The van der Waals surface area contributed by atoms with Crippen LogP contribution in [0.3, 0.4) is 0 Å². The average Bonchev–Trinajstić information content (AvgIpc) is 1.59. The van der Waals surface area contributed by atoms with Crippen molar-refractivity contribution >= 4 is 119 Å². The van der Waals surface area contributed by atoms with Crippen LogP contribution in [0.2, 0.25) is 0 Å². The molecule has 0 saturated carbocycles. The second-order valence-corrected chi connectivity index (χ2v) is 22.3. The highest BCUT2D eigenvalue weighted by atomic mass is 32.2. The number of Topliss-reactive ketones (excluding diaryl/α,β-unsaturated/α-hetero) is 1. The van der Waals surface area contributed by atoms with E-state index in [0.29, 0.717) is 11.4 Å². The Morgan fingerprint density at radius 3 is 2.22 bits per heavy atom. The van der Waals surface area contributed by atoms with Gasteiger partial charge in [0, 0.05) is 71.4 Å². The number of benzene rings is 4. The molecule has 5 aromatic rings. The van der Waals surface area contributed by atoms with E-state index in [-0.39, 0.29) is 75.6 Å². The highest BCUT2D eigenvalue weighted by Crippen LogP contribution is 2.46. The number of fused-ring (bicyclic) bond motifs is 3. The SMILES string of the molecule is N=c1ccc2c(-c3ccc(C(=O)NCCN4C(=O)CC(SC[C@H](CC(=O)CC[C@H](NC(=O)c5ccc(NCc6cnc7nc(N)[nH]c(=O)c7n6)cc5)C(=O)O)C(=O)O)C4=O)cc3C(=O)O)c3ccc(N)c(S(=O)(=O)[O-])c3oc-2c1S(=O)(=O)[O-]. The monoisotopic (exact) mass is 1200 g/mol. The fraction of sp³-hybridized carbons (Fsp3) is 0.220. The number of nitrogens with two attached hydrogens (primary N) is 2. The molecule has 3 atom stereocenters. The topological polar surface area (TPSA) is 512 Å². The zero-order chi connectivity index (χ0) is 60.4. The summed E-state index contributed by atoms with van der Waals surface area (Å²) in [5.41, 5.74) is 8.31. The Balaban J connectivity index is 0.849. The summed E-state index contributed by atoms with van der Waals surface area (Å²) in [6.45, 7) is -0.671. The minimum Gasteiger partial charge on any atom is -0.744 e. The highest BCUT2D eigenvalue weighted by Gasteiger charge is 2.40. The normalized spacial score (nSPS) is 14.4. The number of rotatable bonds is 23. The van der Waals surface area contributed by atoms with Crippen molar-refractivity contribution in [1.82, 2.24) is 35.5 Å². The van der Waals surface area contributed by atoms with Gasteiger partial charge in [0.05, 0.1) is 46.2 Å². The van der Waals surface area contributed by atoms with Gasteiger partial charge in [-0.2, -0.15) is 4.98 Å². The Kier molecular flexibility index (Phi) is 17.0. The molecule has 0 bridgehead atoms. The summed E-state index contributed by atoms with van der Waals surface area (Å²) < 4.78 is 80.1. The summed E-state index contributed by atoms with van der Waals surface area (Å²) in [4.78, 5) is 128. The molecule has 1 aliphatic carbocycles. The van der Waals surface area contributed by atoms with E-state index in [1.54, 1.807) is 0 Å². The highest BCUT2D eigenvalue weighted by molar-refractivity contribution is 8.00. The molecule has 4 heterocycles. The first kappa shape index (κ1) is 59.4. The van der Waals surface area contributed by atoms with Gasteiger partial charge in [-0.3, -0.25) is 48.9 Å². The van der Waals surface area contributed by atoms with Crippen molar-refractivity contribution in [2.75, 3.05) is 35.6 Å². The van der Waals surface area contributed by atoms with Crippen LogP contribution in [0.4, 0.5) is 17.3 Å². The lowest BCUT2D eigenvalue weighted by Gasteiger charge is -2.22. The number of carboxylic acid groups (broad SMARTS) is 3. The van der Waals surface area contributed by atoms with Crippen LogP contribution in [0, 0.1) is 11.3 Å². The molecule has 2 aliphatic heterocycles. The fourth-order valence-corrected chi connectivity index (χ4v) is 11.6. The Bertz CT molecular complexity index is 4210. The number of nitrogen functional groups attached to an aromatic ring is 2. The molecule has 3 aromatic carbocycles. The van der Waals surface area contributed by atoms with E-state index in [4.69, 9.17) is 21.3 Å². The number of ketones is 1. The van der Waals surface area contributed by atoms with Gasteiger partial charge in [-0.25, -0.2) is 36.4 Å². The standard InChI is InChI=1S/C50H45N11O19S3/c51-31-10-8-28-36(29-9-11-32(52)41(83(77,78)79)39(29)80-38(28)40(31)82(74,75)76)27-7-3-22(16-30(27)48(70)71)43(64)54-13-14-61-35(63)17-34(46(61)67)81-20-23(47(68)69)15-26(62)6-12-33(49(72)73)58-44(65)21-1-4-24(5-2-21)55-18-25-19-56-42-37(57-25)45(66)60-50(53)59-42/h1-5,7-11,16,19,23,33-34,51,55H,6,12-15,17-18,20,52H2,(H,54,64)(H,58,65)(H,68,69)(H,70,71)(H,72,73)(H,74,75,76)(H,77,78,79)(H3,53,56,59,60,66)/p-2/t23-,33-,34?/m0/s1. The summed E-state index contributed by atoms with van der Waals surface area (Å²) in [6, 6.07) is 11.4. The van der Waals surface area contributed by atoms with Gasteiger partial charge < -0.3 is 56.3 Å². The number of H-pyrrole nitrogens is 1. The molecule has 0 radical (unpaired) electrons. The van der Waals surface area contributed by atoms with Crippen LogP contribution in [0.5, 0.6) is 0 Å². The van der Waals surface area contributed by atoms with E-state index in [2.05, 4.69) is 35.9 Å². The molecule has 3 aliphatic rings. The number of aromatic carboxylic acids is 1. The van der Waals surface area contributed by atoms with Crippen LogP contribution in [-0.4, -0.2) is 144 Å². The number of nitrogens with zero attached hydrogens (tertiary/aromatic N) is 4. The maximum Gasteiger partial charge on any atom is 0.336 e. The third-order valence-electron chi connectivity index (χ3n) is 12.8. The average molecular weight is 1200 g/mol. The molecule has 432 valence electrons. The number of anilines is 3. The molecule has 30 nitrogen and oxygen atoms in total. The molecule has 0 spiro atoms. The number of likely N-dealkylation sites (tertiary alicyclic amines) is 1. The van der Waals surface area contributed by atoms with Crippen LogP contribution in [0.25, 0.3) is 44.6 Å². The number of amides is 4. The number of aromatic nitrogens is 4. The largest absolute Gasteiger partial charge is 0.744 e. The number of aromatic amines is 1. The van der Waals surface area contributed by atoms with E-state index < -0.39 is 154 Å². The number of hydrogen-bond donors (Lipinski definition) is 10. The zero-order valence-electron chi connectivity index (χ0n) is 42.4. The van der Waals surface area contributed by atoms with Gasteiger partial charge in [0.2, 0.25) is 17.8 Å². The van der Waals surface area contributed by atoms with Gasteiger partial charge >= 0.3 is 17.9 Å². The number of carbonyl (C=O) groups is 8. The van der Waals surface area contributed by atoms with Crippen LogP contribution in [0.15, 0.2) is 91.9 Å². The zero-order valence-corrected chi connectivity index (χ0v) is 44.8. The number of carboxylic acids is 3. The minimum atomic E-state index is -5.56. The number of thioether (sulfide) groups is 1. The smallest absolute Gasteiger partial charge is 0.336 e. The Labute approximate surface area is 470 Å². The van der Waals surface area contributed by atoms with Gasteiger partial charge in [-0.05, 0) is 72.6 Å². The predicted octanol–water partition coefficient (Wildman–Crippen LogP) is 0.907. The maximum absolute atomic E-state index is 13.4. The van der Waals surface area contributed by atoms with E-state index in [0.717, 1.165) is 59.1 Å². The lowest BCUT2D eigenvalue weighted by atomic mass is 9.89. The second kappa shape index (κ2) is 23.8. The van der Waals surface area contributed by atoms with E-state index in [9.17, 15) is 84.4 Å². The molecule has 33 heteroatoms. The second-order valence-electron chi connectivity index (χ2n) is 18.4. The lowest BCUT2D eigenvalue weighted by molar-refractivity contribution is -0.143. The summed E-state index contributed by atoms with van der Waals surface area (Å²) in [5, 5.41) is 43.8. The first-order valence-electron chi connectivity index (χ1n) is 24.1. The predicted molar refractivity (Wildman–Crippen MR) is 286 cm³/mol. The number of aliphatic carboxylic acids is 2. The number of imide groups is 1. The first-order valence-corrected chi connectivity index (χ1v) is 28.0. The van der Waals surface area contributed by atoms with Crippen molar-refractivity contribution in [2.24, 2.45) is 5.92 Å². The van der Waals surface area contributed by atoms with Crippen LogP contribution < -0.4 is 38.3 Å². The summed E-state index contributed by atoms with van der Waals surface area (Å²) in [6.07, 6.45) is -0.438. The molecule has 2 aromatic heterocycles. The molecule has 12 N–H and O–H groups in total. The fourth-order valence-electron chi connectivity index (χ4n) is 8.88. The Morgan fingerprint density at radius 2 is 1.55 bits per heavy atom. The van der Waals surface area contributed by atoms with Crippen molar-refractivity contribution in [1.29, 1.82) is 5.41 Å². The summed E-state index contributed by atoms with van der Waals surface area (Å²) in [5.74, 6) is -11.2. The molecular weight excluding hydrogens is 1150 g/mol. The van der Waals surface area contributed by atoms with Crippen LogP contribution >= 0.6 is 11.8 Å². The molecule has 1 fully saturated rings. The molecule has 4 amide bonds. The molecule has 8 rings (SSSR count). The number of hydrogen-bond acceptors (Lipinski definition) is 24. The number of carbonyl (C=O) groups excluding carboxylic acids is 5. The van der Waals surface area contributed by atoms with E-state index in [1.165, 1.54) is 30.5 Å². The van der Waals surface area contributed by atoms with Crippen molar-refractivity contribution in [3.05, 3.63) is 111 Å². The van der Waals surface area contributed by atoms with Gasteiger partial charge in [0.25, 0.3) is 17.4 Å². The summed E-state index contributed by atoms with van der Waals surface area (Å²) >= 11 is 0.784. The van der Waals surface area contributed by atoms with Gasteiger partial charge in [0.15, 0.2) is 22.5 Å². The van der Waals surface area contributed by atoms with Crippen molar-refractivity contribution in [3.8, 4) is 22.5 Å². The molecule has 83 heavy (non-hydrogen) atoms. The third kappa shape index (κ3) is 13.1. The minimum absolute atomic E-state index is 0.0217. The van der Waals surface area contributed by atoms with Crippen molar-refractivity contribution < 1.29 is 84.0 Å². The van der Waals surface area contributed by atoms with E-state index >= 15 is 0 Å². The lowest BCUT2D eigenvalue weighted by Crippen LogP contribution is -2.41. The van der Waals surface area contributed by atoms with E-state index in [1.807, 2.05) is 0 Å². The van der Waals surface area contributed by atoms with Crippen LogP contribution in [0.1, 0.15) is 62.5 Å². The van der Waals surface area contributed by atoms with Gasteiger partial charge in [-0.1, -0.05) is 6.07 Å². The maximum atomic E-state index is 13.4. The Morgan fingerprint density at radius 1 is 0.867 bits per heavy atom. The van der Waals surface area contributed by atoms with Gasteiger partial charge in [0.1, 0.15) is 41.9 Å². The van der Waals surface area contributed by atoms with Gasteiger partial charge in [-0.15, -0.1) is 11.8 Å². The van der Waals surface area contributed by atoms with Crippen LogP contribution in [-0.2, 0) is 50.8 Å². The number of nitrogens with one attached hydrogen (secondary N) is 5. The quantitative estimate of drug-likeness (QED) is 0.0184. The summed E-state index contributed by atoms with van der Waals surface area (Å²) in [7, 11) is -11.1. The Hall–Kier alpha value is -9.70. The van der Waals surface area contributed by atoms with Crippen molar-refractivity contribution in [2.45, 2.75) is 53.3 Å². The molecule has 1 saturated heterocycles. The molecule has 1 unspecified atom stereocenters. The first-order chi connectivity index (χ1) is 39.1. The third-order valence-corrected chi connectivity index (χ3v) is 16.0.